The summed E-state index contributed by atoms with van der Waals surface area (Å²) < 4.78 is 0.832. The van der Waals surface area contributed by atoms with E-state index >= 15 is 0 Å². The highest BCUT2D eigenvalue weighted by molar-refractivity contribution is 9.10. The van der Waals surface area contributed by atoms with E-state index in [1.807, 2.05) is 32.2 Å². The van der Waals surface area contributed by atoms with Crippen LogP contribution in [0.2, 0.25) is 0 Å². The zero-order chi connectivity index (χ0) is 14.0. The maximum atomic E-state index is 11.4. The standard InChI is InChI=1S/C14H15BrN2OS/c1-9(18)13-5-4-12(6-14(13)15)17(3)7-11-8-19-10(2)16-11/h4-6,8H,7H2,1-3H3. The van der Waals surface area contributed by atoms with E-state index in [0.29, 0.717) is 5.56 Å². The number of benzene rings is 1. The molecule has 0 unspecified atom stereocenters. The molecule has 19 heavy (non-hydrogen) atoms. The molecule has 0 atom stereocenters. The van der Waals surface area contributed by atoms with Crippen LogP contribution in [0.5, 0.6) is 0 Å². The molecule has 0 aliphatic heterocycles. The number of anilines is 1. The number of carbonyl (C=O) groups excluding carboxylic acids is 1. The first-order valence-corrected chi connectivity index (χ1v) is 7.57. The number of rotatable bonds is 4. The molecule has 1 aromatic heterocycles. The lowest BCUT2D eigenvalue weighted by molar-refractivity contribution is 0.101. The first kappa shape index (κ1) is 14.2. The summed E-state index contributed by atoms with van der Waals surface area (Å²) in [6, 6.07) is 5.78. The van der Waals surface area contributed by atoms with Crippen molar-refractivity contribution in [2.24, 2.45) is 0 Å². The minimum Gasteiger partial charge on any atom is -0.369 e. The van der Waals surface area contributed by atoms with E-state index in [-0.39, 0.29) is 5.78 Å². The molecule has 1 heterocycles. The summed E-state index contributed by atoms with van der Waals surface area (Å²) in [7, 11) is 2.02. The number of aromatic nitrogens is 1. The van der Waals surface area contributed by atoms with E-state index in [1.54, 1.807) is 18.3 Å². The van der Waals surface area contributed by atoms with Crippen molar-refractivity contribution >= 4 is 38.7 Å². The fraction of sp³-hybridized carbons (Fsp3) is 0.286. The van der Waals surface area contributed by atoms with Gasteiger partial charge < -0.3 is 4.90 Å². The van der Waals surface area contributed by atoms with Gasteiger partial charge in [0.25, 0.3) is 0 Å². The average molecular weight is 339 g/mol. The highest BCUT2D eigenvalue weighted by atomic mass is 79.9. The molecule has 1 aromatic carbocycles. The van der Waals surface area contributed by atoms with Gasteiger partial charge in [-0.2, -0.15) is 0 Å². The first-order valence-electron chi connectivity index (χ1n) is 5.90. The lowest BCUT2D eigenvalue weighted by Gasteiger charge is -2.19. The van der Waals surface area contributed by atoms with Crippen molar-refractivity contribution in [3.05, 3.63) is 44.3 Å². The number of hydrogen-bond acceptors (Lipinski definition) is 4. The Morgan fingerprint density at radius 1 is 1.47 bits per heavy atom. The van der Waals surface area contributed by atoms with E-state index in [4.69, 9.17) is 0 Å². The third-order valence-electron chi connectivity index (χ3n) is 2.84. The molecule has 0 N–H and O–H groups in total. The van der Waals surface area contributed by atoms with Crippen LogP contribution < -0.4 is 4.90 Å². The van der Waals surface area contributed by atoms with Crippen LogP contribution in [-0.4, -0.2) is 17.8 Å². The Hall–Kier alpha value is -1.20. The van der Waals surface area contributed by atoms with Gasteiger partial charge in [-0.1, -0.05) is 0 Å². The summed E-state index contributed by atoms with van der Waals surface area (Å²) in [5, 5.41) is 3.15. The van der Waals surface area contributed by atoms with Gasteiger partial charge in [-0.15, -0.1) is 11.3 Å². The van der Waals surface area contributed by atoms with Crippen molar-refractivity contribution in [2.45, 2.75) is 20.4 Å². The zero-order valence-electron chi connectivity index (χ0n) is 11.1. The van der Waals surface area contributed by atoms with Gasteiger partial charge in [0.15, 0.2) is 5.78 Å². The van der Waals surface area contributed by atoms with Crippen LogP contribution >= 0.6 is 27.3 Å². The Balaban J connectivity index is 2.17. The Bertz CT molecular complexity index is 609. The minimum absolute atomic E-state index is 0.0659. The van der Waals surface area contributed by atoms with Crippen LogP contribution in [0.1, 0.15) is 28.0 Å². The Morgan fingerprint density at radius 2 is 2.21 bits per heavy atom. The van der Waals surface area contributed by atoms with Crippen molar-refractivity contribution in [3.63, 3.8) is 0 Å². The molecule has 0 bridgehead atoms. The Labute approximate surface area is 125 Å². The molecule has 0 saturated heterocycles. The maximum Gasteiger partial charge on any atom is 0.160 e. The largest absolute Gasteiger partial charge is 0.369 e. The van der Waals surface area contributed by atoms with Crippen molar-refractivity contribution in [3.8, 4) is 0 Å². The molecule has 0 spiro atoms. The smallest absolute Gasteiger partial charge is 0.160 e. The second-order valence-corrected chi connectivity index (χ2v) is 6.35. The monoisotopic (exact) mass is 338 g/mol. The first-order chi connectivity index (χ1) is 8.97. The quantitative estimate of drug-likeness (QED) is 0.788. The SMILES string of the molecule is CC(=O)c1ccc(N(C)Cc2csc(C)n2)cc1Br. The molecule has 2 rings (SSSR count). The Kier molecular flexibility index (Phi) is 4.37. The minimum atomic E-state index is 0.0659. The number of aryl methyl sites for hydroxylation is 1. The second kappa shape index (κ2) is 5.84. The van der Waals surface area contributed by atoms with Crippen molar-refractivity contribution in [2.75, 3.05) is 11.9 Å². The van der Waals surface area contributed by atoms with Gasteiger partial charge in [0.1, 0.15) is 0 Å². The topological polar surface area (TPSA) is 33.2 Å². The molecular formula is C14H15BrN2OS. The van der Waals surface area contributed by atoms with Gasteiger partial charge in [-0.05, 0) is 48.0 Å². The van der Waals surface area contributed by atoms with E-state index in [9.17, 15) is 4.79 Å². The molecule has 5 heteroatoms. The number of nitrogens with zero attached hydrogens (tertiary/aromatic N) is 2. The predicted molar refractivity (Wildman–Crippen MR) is 83.1 cm³/mol. The number of halogens is 1. The summed E-state index contributed by atoms with van der Waals surface area (Å²) in [6.45, 7) is 4.34. The van der Waals surface area contributed by atoms with Crippen molar-refractivity contribution < 1.29 is 4.79 Å². The molecule has 0 aliphatic carbocycles. The average Bonchev–Trinajstić information content (AvgIpc) is 2.74. The molecule has 0 aliphatic rings. The number of carbonyl (C=O) groups is 1. The van der Waals surface area contributed by atoms with Gasteiger partial charge >= 0.3 is 0 Å². The molecule has 0 fully saturated rings. The lowest BCUT2D eigenvalue weighted by Crippen LogP contribution is -2.16. The fourth-order valence-electron chi connectivity index (χ4n) is 1.84. The highest BCUT2D eigenvalue weighted by Crippen LogP contribution is 2.25. The van der Waals surface area contributed by atoms with Gasteiger partial charge in [-0.25, -0.2) is 4.98 Å². The summed E-state index contributed by atoms with van der Waals surface area (Å²) in [6.07, 6.45) is 0. The normalized spacial score (nSPS) is 10.5. The van der Waals surface area contributed by atoms with Gasteiger partial charge in [0, 0.05) is 28.2 Å². The number of Topliss-reactive ketones (excluding diaryl/α,β-unsaturated/α-hetero) is 1. The van der Waals surface area contributed by atoms with Crippen LogP contribution in [0.25, 0.3) is 0 Å². The van der Waals surface area contributed by atoms with E-state index in [1.165, 1.54) is 0 Å². The molecule has 0 amide bonds. The van der Waals surface area contributed by atoms with Gasteiger partial charge in [-0.3, -0.25) is 4.79 Å². The van der Waals surface area contributed by atoms with Crippen LogP contribution in [0, 0.1) is 6.92 Å². The van der Waals surface area contributed by atoms with Crippen molar-refractivity contribution in [1.82, 2.24) is 4.98 Å². The van der Waals surface area contributed by atoms with Gasteiger partial charge in [0.2, 0.25) is 0 Å². The molecule has 0 radical (unpaired) electrons. The van der Waals surface area contributed by atoms with Crippen LogP contribution in [-0.2, 0) is 6.54 Å². The van der Waals surface area contributed by atoms with Gasteiger partial charge in [0.05, 0.1) is 17.2 Å². The van der Waals surface area contributed by atoms with Crippen LogP contribution in [0.4, 0.5) is 5.69 Å². The number of hydrogen-bond donors (Lipinski definition) is 0. The zero-order valence-corrected chi connectivity index (χ0v) is 13.5. The second-order valence-electron chi connectivity index (χ2n) is 4.43. The summed E-state index contributed by atoms with van der Waals surface area (Å²) in [4.78, 5) is 18.0. The van der Waals surface area contributed by atoms with Crippen molar-refractivity contribution in [1.29, 1.82) is 0 Å². The maximum absolute atomic E-state index is 11.4. The fourth-order valence-corrected chi connectivity index (χ4v) is 3.09. The third-order valence-corrected chi connectivity index (χ3v) is 4.32. The van der Waals surface area contributed by atoms with Crippen LogP contribution in [0.3, 0.4) is 0 Å². The van der Waals surface area contributed by atoms with E-state index in [0.717, 1.165) is 27.4 Å². The Morgan fingerprint density at radius 3 is 2.74 bits per heavy atom. The summed E-state index contributed by atoms with van der Waals surface area (Å²) in [5.74, 6) is 0.0659. The highest BCUT2D eigenvalue weighted by Gasteiger charge is 2.09. The molecular weight excluding hydrogens is 324 g/mol. The predicted octanol–water partition coefficient (Wildman–Crippen LogP) is 4.05. The number of thiazole rings is 1. The number of ketones is 1. The molecule has 3 nitrogen and oxygen atoms in total. The van der Waals surface area contributed by atoms with E-state index in [2.05, 4.69) is 31.2 Å². The third kappa shape index (κ3) is 3.42. The van der Waals surface area contributed by atoms with E-state index < -0.39 is 0 Å². The summed E-state index contributed by atoms with van der Waals surface area (Å²) in [5.41, 5.74) is 2.83. The summed E-state index contributed by atoms with van der Waals surface area (Å²) >= 11 is 5.10. The molecule has 0 saturated carbocycles. The molecule has 100 valence electrons. The lowest BCUT2D eigenvalue weighted by atomic mass is 10.1. The molecule has 2 aromatic rings. The van der Waals surface area contributed by atoms with Crippen LogP contribution in [0.15, 0.2) is 28.1 Å².